The molecular formula is C32H39N7O5S. The van der Waals surface area contributed by atoms with Crippen LogP contribution in [0, 0.1) is 22.7 Å². The normalized spacial score (nSPS) is 25.1. The van der Waals surface area contributed by atoms with Crippen molar-refractivity contribution in [3.63, 3.8) is 0 Å². The molecule has 3 aromatic rings. The summed E-state index contributed by atoms with van der Waals surface area (Å²) < 4.78 is 36.4. The lowest BCUT2D eigenvalue weighted by atomic mass is 9.93. The number of aromatic hydroxyl groups is 1. The first-order valence-electron chi connectivity index (χ1n) is 16.0. The molecule has 45 heavy (non-hydrogen) atoms. The van der Waals surface area contributed by atoms with Crippen LogP contribution in [0.25, 0.3) is 5.82 Å². The van der Waals surface area contributed by atoms with E-state index in [9.17, 15) is 18.3 Å². The molecule has 1 atom stereocenters. The summed E-state index contributed by atoms with van der Waals surface area (Å²) in [5.74, 6) is 1.66. The Bertz CT molecular complexity index is 1780. The van der Waals surface area contributed by atoms with Gasteiger partial charge >= 0.3 is 0 Å². The summed E-state index contributed by atoms with van der Waals surface area (Å²) in [6.45, 7) is 6.05. The van der Waals surface area contributed by atoms with Gasteiger partial charge in [0.15, 0.2) is 22.4 Å². The van der Waals surface area contributed by atoms with Gasteiger partial charge in [0.1, 0.15) is 5.82 Å². The number of fused-ring (bicyclic) bond motifs is 7. The number of ether oxygens (including phenoxy) is 1. The number of pyridine rings is 2. The first kappa shape index (κ1) is 28.6. The van der Waals surface area contributed by atoms with E-state index >= 15 is 0 Å². The fourth-order valence-electron chi connectivity index (χ4n) is 8.59. The average molecular weight is 634 g/mol. The number of hydrogen-bond donors (Lipinski definition) is 3. The summed E-state index contributed by atoms with van der Waals surface area (Å²) in [6.07, 6.45) is 11.0. The van der Waals surface area contributed by atoms with Crippen molar-refractivity contribution in [3.8, 4) is 17.4 Å². The van der Waals surface area contributed by atoms with Gasteiger partial charge in [-0.2, -0.15) is 8.42 Å². The van der Waals surface area contributed by atoms with Crippen molar-refractivity contribution in [2.45, 2.75) is 75.8 Å². The fourth-order valence-corrected chi connectivity index (χ4v) is 9.51. The van der Waals surface area contributed by atoms with Gasteiger partial charge in [0.05, 0.1) is 12.2 Å². The third kappa shape index (κ3) is 4.72. The monoisotopic (exact) mass is 633 g/mol. The highest BCUT2D eigenvalue weighted by Gasteiger charge is 2.85. The van der Waals surface area contributed by atoms with E-state index < -0.39 is 15.9 Å². The van der Waals surface area contributed by atoms with E-state index in [1.54, 1.807) is 23.0 Å². The van der Waals surface area contributed by atoms with E-state index in [1.807, 2.05) is 6.07 Å². The number of nitrogens with zero attached hydrogens (tertiary/aromatic N) is 5. The molecule has 5 heterocycles. The SMILES string of the molecule is CC1(C)C[C@@H]2CCCNc3nc(ccc3O)S(=O)(=O)NC(=O)c3ccc(-n4ccc(OCCC5C6(CC6)C56CC6)n4)nc3N1C2. The molecular weight excluding hydrogens is 594 g/mol. The van der Waals surface area contributed by atoms with Crippen LogP contribution in [0.2, 0.25) is 0 Å². The molecule has 1 saturated heterocycles. The Hall–Kier alpha value is -3.87. The zero-order valence-electron chi connectivity index (χ0n) is 25.6. The van der Waals surface area contributed by atoms with Crippen LogP contribution in [0.5, 0.6) is 11.6 Å². The number of hydrogen-bond acceptors (Lipinski definition) is 10. The highest BCUT2D eigenvalue weighted by atomic mass is 32.2. The van der Waals surface area contributed by atoms with Crippen LogP contribution in [-0.2, 0) is 10.0 Å². The third-order valence-electron chi connectivity index (χ3n) is 11.0. The van der Waals surface area contributed by atoms with Crippen LogP contribution in [0.3, 0.4) is 0 Å². The van der Waals surface area contributed by atoms with Gasteiger partial charge < -0.3 is 20.1 Å². The number of nitrogens with one attached hydrogen (secondary N) is 2. The van der Waals surface area contributed by atoms with Gasteiger partial charge in [-0.25, -0.2) is 19.4 Å². The van der Waals surface area contributed by atoms with Crippen LogP contribution in [-0.4, -0.2) is 64.4 Å². The Kier molecular flexibility index (Phi) is 6.24. The van der Waals surface area contributed by atoms with Gasteiger partial charge in [0.25, 0.3) is 15.9 Å². The number of sulfonamides is 1. The summed E-state index contributed by atoms with van der Waals surface area (Å²) in [5.41, 5.74) is 1.11. The van der Waals surface area contributed by atoms with Crippen LogP contribution < -0.4 is 19.7 Å². The Balaban J connectivity index is 1.08. The minimum Gasteiger partial charge on any atom is -0.504 e. The van der Waals surface area contributed by atoms with Crippen molar-refractivity contribution in [3.05, 3.63) is 42.1 Å². The molecule has 3 aliphatic carbocycles. The summed E-state index contributed by atoms with van der Waals surface area (Å²) >= 11 is 0. The Morgan fingerprint density at radius 2 is 1.84 bits per heavy atom. The van der Waals surface area contributed by atoms with E-state index in [0.29, 0.717) is 54.0 Å². The fraction of sp³-hybridized carbons (Fsp3) is 0.562. The Morgan fingerprint density at radius 1 is 1.07 bits per heavy atom. The standard InChI is InChI=1S/C32H39N7O5S/c1-30(2)18-20-4-3-15-33-27-22(40)6-8-26(35-27)45(42,43)37-29(41)21-5-7-24(34-28(21)38(30)19-20)39-16-9-25(36-39)44-17-10-23-31(11-12-31)32(23)13-14-32/h5-9,16,20,23,40H,3-4,10-15,17-19H2,1-2H3,(H,33,35)(H,37,41)/t20-/m0/s1. The largest absolute Gasteiger partial charge is 0.504 e. The zero-order valence-corrected chi connectivity index (χ0v) is 26.4. The second kappa shape index (κ2) is 9.81. The molecule has 0 aromatic carbocycles. The molecule has 238 valence electrons. The highest BCUT2D eigenvalue weighted by molar-refractivity contribution is 7.90. The van der Waals surface area contributed by atoms with E-state index in [0.717, 1.165) is 31.6 Å². The number of carbonyl (C=O) groups excluding carboxylic acids is 1. The van der Waals surface area contributed by atoms with E-state index in [-0.39, 0.29) is 27.7 Å². The molecule has 3 saturated carbocycles. The van der Waals surface area contributed by atoms with Crippen molar-refractivity contribution in [1.82, 2.24) is 24.5 Å². The molecule has 13 heteroatoms. The van der Waals surface area contributed by atoms with E-state index in [4.69, 9.17) is 9.72 Å². The molecule has 3 N–H and O–H groups in total. The molecule has 2 aliphatic heterocycles. The summed E-state index contributed by atoms with van der Waals surface area (Å²) in [4.78, 5) is 24.8. The first-order chi connectivity index (χ1) is 21.5. The second-order valence-corrected chi connectivity index (χ2v) is 15.8. The topological polar surface area (TPSA) is 152 Å². The quantitative estimate of drug-likeness (QED) is 0.372. The van der Waals surface area contributed by atoms with Crippen molar-refractivity contribution in [2.75, 3.05) is 29.9 Å². The van der Waals surface area contributed by atoms with E-state index in [2.05, 4.69) is 38.9 Å². The molecule has 5 aliphatic rings. The van der Waals surface area contributed by atoms with Gasteiger partial charge in [-0.05, 0) is 112 Å². The van der Waals surface area contributed by atoms with Crippen LogP contribution in [0.15, 0.2) is 41.6 Å². The van der Waals surface area contributed by atoms with Gasteiger partial charge in [-0.3, -0.25) is 4.79 Å². The summed E-state index contributed by atoms with van der Waals surface area (Å²) in [6, 6.07) is 7.51. The molecule has 0 radical (unpaired) electrons. The Morgan fingerprint density at radius 3 is 2.60 bits per heavy atom. The first-order valence-corrected chi connectivity index (χ1v) is 17.5. The van der Waals surface area contributed by atoms with Crippen LogP contribution >= 0.6 is 0 Å². The van der Waals surface area contributed by atoms with Crippen LogP contribution in [0.1, 0.15) is 75.6 Å². The van der Waals surface area contributed by atoms with Crippen molar-refractivity contribution in [2.24, 2.45) is 22.7 Å². The van der Waals surface area contributed by atoms with Gasteiger partial charge in [-0.1, -0.05) is 0 Å². The summed E-state index contributed by atoms with van der Waals surface area (Å²) in [7, 11) is -4.35. The molecule has 0 unspecified atom stereocenters. The lowest BCUT2D eigenvalue weighted by Gasteiger charge is -2.34. The van der Waals surface area contributed by atoms with E-state index in [1.165, 1.54) is 37.8 Å². The zero-order chi connectivity index (χ0) is 31.2. The minimum atomic E-state index is -4.35. The maximum Gasteiger partial charge on any atom is 0.281 e. The molecule has 12 nitrogen and oxygen atoms in total. The van der Waals surface area contributed by atoms with Gasteiger partial charge in [0, 0.05) is 30.9 Å². The summed E-state index contributed by atoms with van der Waals surface area (Å²) in [5, 5.41) is 17.5. The van der Waals surface area contributed by atoms with Crippen molar-refractivity contribution in [1.29, 1.82) is 0 Å². The molecule has 4 bridgehead atoms. The molecule has 2 spiro atoms. The number of amides is 1. The molecule has 8 rings (SSSR count). The lowest BCUT2D eigenvalue weighted by Crippen LogP contribution is -2.41. The lowest BCUT2D eigenvalue weighted by molar-refractivity contribution is 0.0981. The number of anilines is 2. The maximum atomic E-state index is 13.6. The van der Waals surface area contributed by atoms with Crippen LogP contribution in [0.4, 0.5) is 11.6 Å². The highest BCUT2D eigenvalue weighted by Crippen LogP contribution is 2.93. The predicted octanol–water partition coefficient (Wildman–Crippen LogP) is 4.26. The van der Waals surface area contributed by atoms with Gasteiger partial charge in [-0.15, -0.1) is 5.10 Å². The molecule has 4 fully saturated rings. The average Bonchev–Trinajstić information content (AvgIpc) is 3.95. The smallest absolute Gasteiger partial charge is 0.281 e. The Labute approximate surface area is 262 Å². The number of carbonyl (C=O) groups is 1. The second-order valence-electron chi connectivity index (χ2n) is 14.2. The molecule has 1 amide bonds. The van der Waals surface area contributed by atoms with Crippen molar-refractivity contribution < 1.29 is 23.1 Å². The number of aromatic nitrogens is 4. The predicted molar refractivity (Wildman–Crippen MR) is 166 cm³/mol. The van der Waals surface area contributed by atoms with Crippen molar-refractivity contribution >= 4 is 27.6 Å². The van der Waals surface area contributed by atoms with Gasteiger partial charge in [0.2, 0.25) is 5.88 Å². The molecule has 3 aromatic heterocycles. The third-order valence-corrected chi connectivity index (χ3v) is 12.3. The number of rotatable bonds is 5. The maximum absolute atomic E-state index is 13.6. The minimum absolute atomic E-state index is 0.0639.